The molecule has 200 valence electrons. The summed E-state index contributed by atoms with van der Waals surface area (Å²) in [6, 6.07) is 4.88. The molecule has 3 aromatic heterocycles. The van der Waals surface area contributed by atoms with Crippen LogP contribution in [0.1, 0.15) is 25.3 Å². The van der Waals surface area contributed by atoms with E-state index in [4.69, 9.17) is 11.6 Å². The lowest BCUT2D eigenvalue weighted by Gasteiger charge is -2.45. The molecular formula is C25H28ClFN8O2S. The number of nitrogens with one attached hydrogen (secondary N) is 1. The fourth-order valence-electron chi connectivity index (χ4n) is 4.66. The van der Waals surface area contributed by atoms with Gasteiger partial charge in [0.15, 0.2) is 11.0 Å². The highest BCUT2D eigenvalue weighted by Gasteiger charge is 2.35. The van der Waals surface area contributed by atoms with E-state index < -0.39 is 10.0 Å². The number of likely N-dealkylation sites (N-methyl/N-ethyl adjacent to an activating group) is 1. The van der Waals surface area contributed by atoms with Crippen molar-refractivity contribution in [1.82, 2.24) is 29.0 Å². The number of rotatable bonds is 7. The van der Waals surface area contributed by atoms with Crippen LogP contribution in [0.2, 0.25) is 5.15 Å². The number of pyridine rings is 1. The highest BCUT2D eigenvalue weighted by Crippen LogP contribution is 2.38. The summed E-state index contributed by atoms with van der Waals surface area (Å²) in [5.41, 5.74) is 1.88. The van der Waals surface area contributed by atoms with Gasteiger partial charge in [-0.15, -0.1) is 0 Å². The second-order valence-electron chi connectivity index (χ2n) is 9.80. The number of halogens is 2. The SMILES string of the molecule is CC(C)c1c(F)cc(N2CC(N(C)S(C)(=O)=O)C2)c2cnc(Nc3ccnc(-c4cn(C)nc4Cl)n3)cc12. The summed E-state index contributed by atoms with van der Waals surface area (Å²) in [6.07, 6.45) is 6.25. The maximum Gasteiger partial charge on any atom is 0.211 e. The van der Waals surface area contributed by atoms with E-state index >= 15 is 4.39 Å². The molecule has 0 atom stereocenters. The van der Waals surface area contributed by atoms with Gasteiger partial charge in [0.25, 0.3) is 0 Å². The Morgan fingerprint density at radius 3 is 2.55 bits per heavy atom. The van der Waals surface area contributed by atoms with Crippen LogP contribution >= 0.6 is 11.6 Å². The Balaban J connectivity index is 1.48. The van der Waals surface area contributed by atoms with Gasteiger partial charge in [-0.1, -0.05) is 25.4 Å². The molecule has 13 heteroatoms. The van der Waals surface area contributed by atoms with Crippen molar-refractivity contribution in [1.29, 1.82) is 0 Å². The maximum absolute atomic E-state index is 15.4. The molecule has 1 saturated heterocycles. The lowest BCUT2D eigenvalue weighted by atomic mass is 9.94. The number of hydrogen-bond donors (Lipinski definition) is 1. The lowest BCUT2D eigenvalue weighted by molar-refractivity contribution is 0.313. The van der Waals surface area contributed by atoms with Gasteiger partial charge in [0.1, 0.15) is 17.5 Å². The van der Waals surface area contributed by atoms with Gasteiger partial charge in [-0.2, -0.15) is 9.40 Å². The van der Waals surface area contributed by atoms with Gasteiger partial charge in [0.05, 0.1) is 17.9 Å². The zero-order valence-electron chi connectivity index (χ0n) is 21.6. The minimum absolute atomic E-state index is 0.0688. The van der Waals surface area contributed by atoms with Gasteiger partial charge in [-0.25, -0.2) is 27.8 Å². The van der Waals surface area contributed by atoms with Crippen LogP contribution in [0.4, 0.5) is 21.7 Å². The van der Waals surface area contributed by atoms with E-state index in [1.165, 1.54) is 16.6 Å². The van der Waals surface area contributed by atoms with Crippen LogP contribution in [-0.4, -0.2) is 69.9 Å². The molecule has 0 amide bonds. The Morgan fingerprint density at radius 1 is 1.18 bits per heavy atom. The molecule has 38 heavy (non-hydrogen) atoms. The molecule has 4 heterocycles. The van der Waals surface area contributed by atoms with Crippen molar-refractivity contribution < 1.29 is 12.8 Å². The summed E-state index contributed by atoms with van der Waals surface area (Å²) in [6.45, 7) is 4.83. The predicted octanol–water partition coefficient (Wildman–Crippen LogP) is 4.16. The zero-order valence-corrected chi connectivity index (χ0v) is 23.2. The smallest absolute Gasteiger partial charge is 0.211 e. The van der Waals surface area contributed by atoms with Crippen molar-refractivity contribution in [2.24, 2.45) is 7.05 Å². The van der Waals surface area contributed by atoms with Crippen LogP contribution < -0.4 is 10.2 Å². The van der Waals surface area contributed by atoms with Crippen molar-refractivity contribution in [3.63, 3.8) is 0 Å². The van der Waals surface area contributed by atoms with Crippen LogP contribution in [-0.2, 0) is 17.1 Å². The Bertz CT molecular complexity index is 1640. The van der Waals surface area contributed by atoms with Crippen molar-refractivity contribution >= 4 is 49.7 Å². The molecule has 0 spiro atoms. The van der Waals surface area contributed by atoms with Gasteiger partial charge in [-0.05, 0) is 35.1 Å². The zero-order chi connectivity index (χ0) is 27.4. The standard InChI is InChI=1S/C25H28ClFN8O2S/c1-14(2)23-16-8-22(30-21-6-7-28-25(31-21)18-13-33(3)32-24(18)26)29-10-17(16)20(9-19(23)27)35-11-15(12-35)34(4)38(5,36)37/h6-10,13-15H,11-12H2,1-5H3,(H,28,29,30,31). The molecule has 0 radical (unpaired) electrons. The van der Waals surface area contributed by atoms with E-state index in [1.807, 2.05) is 24.8 Å². The van der Waals surface area contributed by atoms with Crippen molar-refractivity contribution in [3.05, 3.63) is 53.3 Å². The first kappa shape index (κ1) is 26.3. The van der Waals surface area contributed by atoms with Crippen molar-refractivity contribution in [2.45, 2.75) is 25.8 Å². The van der Waals surface area contributed by atoms with Crippen LogP contribution in [0.5, 0.6) is 0 Å². The normalized spacial score (nSPS) is 14.5. The second-order valence-corrected chi connectivity index (χ2v) is 12.2. The molecule has 0 saturated carbocycles. The molecule has 4 aromatic rings. The van der Waals surface area contributed by atoms with Gasteiger partial charge in [0, 0.05) is 56.8 Å². The van der Waals surface area contributed by atoms with Gasteiger partial charge >= 0.3 is 0 Å². The number of aromatic nitrogens is 5. The quantitative estimate of drug-likeness (QED) is 0.360. The number of benzene rings is 1. The number of hydrogen-bond acceptors (Lipinski definition) is 8. The summed E-state index contributed by atoms with van der Waals surface area (Å²) in [5.74, 6) is 1.03. The lowest BCUT2D eigenvalue weighted by Crippen LogP contribution is -2.59. The highest BCUT2D eigenvalue weighted by molar-refractivity contribution is 7.88. The molecule has 10 nitrogen and oxygen atoms in total. The highest BCUT2D eigenvalue weighted by atomic mass is 35.5. The molecule has 1 fully saturated rings. The first-order valence-corrected chi connectivity index (χ1v) is 14.2. The van der Waals surface area contributed by atoms with Gasteiger partial charge in [0.2, 0.25) is 10.0 Å². The number of sulfonamides is 1. The van der Waals surface area contributed by atoms with Gasteiger partial charge in [-0.3, -0.25) is 4.68 Å². The number of anilines is 3. The minimum Gasteiger partial charge on any atom is -0.368 e. The minimum atomic E-state index is -3.31. The summed E-state index contributed by atoms with van der Waals surface area (Å²) < 4.78 is 42.2. The summed E-state index contributed by atoms with van der Waals surface area (Å²) in [5, 5.41) is 9.15. The average Bonchev–Trinajstić information content (AvgIpc) is 3.15. The molecule has 0 aliphatic carbocycles. The largest absolute Gasteiger partial charge is 0.368 e. The molecule has 1 N–H and O–H groups in total. The van der Waals surface area contributed by atoms with Gasteiger partial charge < -0.3 is 10.2 Å². The van der Waals surface area contributed by atoms with E-state index in [0.29, 0.717) is 52.5 Å². The molecule has 1 aromatic carbocycles. The summed E-state index contributed by atoms with van der Waals surface area (Å²) in [4.78, 5) is 15.4. The molecular weight excluding hydrogens is 531 g/mol. The third kappa shape index (κ3) is 4.91. The van der Waals surface area contributed by atoms with E-state index in [0.717, 1.165) is 10.8 Å². The Kier molecular flexibility index (Phi) is 6.74. The number of nitrogens with zero attached hydrogens (tertiary/aromatic N) is 7. The first-order chi connectivity index (χ1) is 17.9. The molecule has 5 rings (SSSR count). The van der Waals surface area contributed by atoms with Crippen LogP contribution in [0, 0.1) is 5.82 Å². The van der Waals surface area contributed by atoms with E-state index in [9.17, 15) is 8.42 Å². The fraction of sp³-hybridized carbons (Fsp3) is 0.360. The summed E-state index contributed by atoms with van der Waals surface area (Å²) in [7, 11) is 0.0269. The van der Waals surface area contributed by atoms with E-state index in [-0.39, 0.29) is 17.8 Å². The summed E-state index contributed by atoms with van der Waals surface area (Å²) >= 11 is 6.21. The van der Waals surface area contributed by atoms with Crippen molar-refractivity contribution in [2.75, 3.05) is 36.6 Å². The number of fused-ring (bicyclic) bond motifs is 1. The molecule has 0 unspecified atom stereocenters. The molecule has 1 aliphatic rings. The van der Waals surface area contributed by atoms with E-state index in [1.54, 1.807) is 43.4 Å². The first-order valence-electron chi connectivity index (χ1n) is 12.0. The topological polar surface area (TPSA) is 109 Å². The third-order valence-corrected chi connectivity index (χ3v) is 8.37. The monoisotopic (exact) mass is 558 g/mol. The molecule has 0 bridgehead atoms. The second kappa shape index (κ2) is 9.75. The van der Waals surface area contributed by atoms with Crippen molar-refractivity contribution in [3.8, 4) is 11.4 Å². The Hall–Kier alpha value is -3.35. The predicted molar refractivity (Wildman–Crippen MR) is 147 cm³/mol. The Morgan fingerprint density at radius 2 is 1.92 bits per heavy atom. The third-order valence-electron chi connectivity index (χ3n) is 6.74. The maximum atomic E-state index is 15.4. The average molecular weight is 559 g/mol. The Labute approximate surface area is 225 Å². The fourth-order valence-corrected chi connectivity index (χ4v) is 5.58. The van der Waals surface area contributed by atoms with Crippen LogP contribution in [0.25, 0.3) is 22.2 Å². The molecule has 1 aliphatic heterocycles. The van der Waals surface area contributed by atoms with Crippen LogP contribution in [0.15, 0.2) is 36.8 Å². The van der Waals surface area contributed by atoms with Crippen LogP contribution in [0.3, 0.4) is 0 Å². The number of aryl methyl sites for hydroxylation is 1. The van der Waals surface area contributed by atoms with E-state index in [2.05, 4.69) is 25.4 Å².